The van der Waals surface area contributed by atoms with Crippen molar-refractivity contribution < 1.29 is 51.2 Å². The summed E-state index contributed by atoms with van der Waals surface area (Å²) < 4.78 is 79.3. The number of benzene rings is 2. The average molecular weight is 650 g/mol. The zero-order valence-electron chi connectivity index (χ0n) is 25.8. The van der Waals surface area contributed by atoms with Crippen molar-refractivity contribution in [3.05, 3.63) is 71.2 Å². The molecule has 4 rings (SSSR count). The number of pyridine rings is 1. The number of aromatic nitrogens is 1. The summed E-state index contributed by atoms with van der Waals surface area (Å²) in [6, 6.07) is 9.76. The number of amides is 1. The van der Waals surface area contributed by atoms with Crippen molar-refractivity contribution in [2.45, 2.75) is 51.1 Å². The maximum atomic E-state index is 14.6. The summed E-state index contributed by atoms with van der Waals surface area (Å²) in [4.78, 5) is 29.0. The fourth-order valence-electron chi connectivity index (χ4n) is 4.57. The van der Waals surface area contributed by atoms with Crippen LogP contribution in [0.5, 0.6) is 17.2 Å². The van der Waals surface area contributed by atoms with E-state index in [2.05, 4.69) is 10.3 Å². The van der Waals surface area contributed by atoms with Crippen molar-refractivity contribution >= 4 is 11.9 Å². The Morgan fingerprint density at radius 3 is 2.39 bits per heavy atom. The molecule has 2 aromatic carbocycles. The van der Waals surface area contributed by atoms with Gasteiger partial charge in [-0.05, 0) is 62.4 Å². The van der Waals surface area contributed by atoms with Crippen LogP contribution < -0.4 is 25.3 Å². The summed E-state index contributed by atoms with van der Waals surface area (Å²) in [5.41, 5.74) is 0.777. The normalized spacial score (nSPS) is 17.8. The molecule has 1 aromatic heterocycles. The van der Waals surface area contributed by atoms with Crippen LogP contribution >= 0.6 is 0 Å². The lowest BCUT2D eigenvalue weighted by Crippen LogP contribution is -2.51. The molecule has 46 heavy (non-hydrogen) atoms. The molecule has 0 aliphatic carbocycles. The van der Waals surface area contributed by atoms with Gasteiger partial charge >= 0.3 is 12.1 Å². The summed E-state index contributed by atoms with van der Waals surface area (Å²) in [7, 11) is 1.31. The number of carbonyl (C=O) groups is 2. The van der Waals surface area contributed by atoms with Gasteiger partial charge in [0, 0.05) is 16.7 Å². The number of nitrogens with zero attached hydrogens (tertiary/aromatic N) is 1. The molecular formula is C32H35F4N3O7. The first-order valence-corrected chi connectivity index (χ1v) is 14.3. The molecule has 1 aliphatic rings. The van der Waals surface area contributed by atoms with Crippen LogP contribution in [0.1, 0.15) is 49.3 Å². The molecule has 0 saturated heterocycles. The molecule has 0 bridgehead atoms. The van der Waals surface area contributed by atoms with Gasteiger partial charge in [-0.15, -0.1) is 0 Å². The summed E-state index contributed by atoms with van der Waals surface area (Å²) in [6.45, 7) is 5.14. The molecule has 4 N–H and O–H groups in total. The number of aliphatic hydroxyl groups is 1. The van der Waals surface area contributed by atoms with E-state index in [-0.39, 0.29) is 58.8 Å². The number of nitrogens with two attached hydrogens (primary N) is 1. The third-order valence-electron chi connectivity index (χ3n) is 7.31. The standard InChI is InChI=1S/C32H35F4N3O7/c1-17(2)29(41)46-18(3)14-44-23-11-8-20(12-24(23)43-5)28(40)38-15-31(42,32(34,35)36)25-13-22-27(45-16-30(22,4)37)26(39-25)19-6-9-21(33)10-7-19/h6-13,17-18,42H,14-16,37H2,1-5H3,(H,38,40). The highest BCUT2D eigenvalue weighted by Crippen LogP contribution is 2.46. The third-order valence-corrected chi connectivity index (χ3v) is 7.31. The van der Waals surface area contributed by atoms with Crippen LogP contribution in [0, 0.1) is 11.7 Å². The van der Waals surface area contributed by atoms with Crippen LogP contribution in [-0.2, 0) is 20.7 Å². The molecule has 1 aliphatic heterocycles. The van der Waals surface area contributed by atoms with E-state index in [9.17, 15) is 32.3 Å². The van der Waals surface area contributed by atoms with E-state index >= 15 is 0 Å². The van der Waals surface area contributed by atoms with Gasteiger partial charge in [-0.2, -0.15) is 13.2 Å². The second-order valence-electron chi connectivity index (χ2n) is 11.6. The van der Waals surface area contributed by atoms with Crippen LogP contribution in [0.2, 0.25) is 0 Å². The number of hydrogen-bond donors (Lipinski definition) is 3. The van der Waals surface area contributed by atoms with Gasteiger partial charge in [0.15, 0.2) is 17.2 Å². The molecule has 14 heteroatoms. The maximum Gasteiger partial charge on any atom is 0.424 e. The molecule has 10 nitrogen and oxygen atoms in total. The van der Waals surface area contributed by atoms with Gasteiger partial charge in [0.2, 0.25) is 5.60 Å². The van der Waals surface area contributed by atoms with Crippen LogP contribution in [-0.4, -0.2) is 61.1 Å². The average Bonchev–Trinajstić information content (AvgIpc) is 3.31. The minimum atomic E-state index is -5.31. The Morgan fingerprint density at radius 2 is 1.78 bits per heavy atom. The lowest BCUT2D eigenvalue weighted by Gasteiger charge is -2.31. The van der Waals surface area contributed by atoms with E-state index in [1.165, 1.54) is 37.4 Å². The van der Waals surface area contributed by atoms with Gasteiger partial charge in [-0.1, -0.05) is 13.8 Å². The Bertz CT molecular complexity index is 1600. The van der Waals surface area contributed by atoms with E-state index in [1.54, 1.807) is 27.7 Å². The summed E-state index contributed by atoms with van der Waals surface area (Å²) in [5, 5.41) is 13.3. The first-order valence-electron chi connectivity index (χ1n) is 14.3. The predicted octanol–water partition coefficient (Wildman–Crippen LogP) is 4.61. The number of nitrogens with one attached hydrogen (secondary N) is 1. The highest BCUT2D eigenvalue weighted by molar-refractivity contribution is 5.95. The van der Waals surface area contributed by atoms with E-state index in [1.807, 2.05) is 0 Å². The Morgan fingerprint density at radius 1 is 1.11 bits per heavy atom. The number of ether oxygens (including phenoxy) is 4. The minimum Gasteiger partial charge on any atom is -0.493 e. The second kappa shape index (κ2) is 13.1. The van der Waals surface area contributed by atoms with Crippen molar-refractivity contribution in [1.29, 1.82) is 0 Å². The zero-order valence-corrected chi connectivity index (χ0v) is 25.8. The Labute approximate surface area is 262 Å². The van der Waals surface area contributed by atoms with E-state index < -0.39 is 53.4 Å². The molecule has 1 amide bonds. The Kier molecular flexibility index (Phi) is 9.83. The van der Waals surface area contributed by atoms with Crippen LogP contribution in [0.15, 0.2) is 48.5 Å². The second-order valence-corrected chi connectivity index (χ2v) is 11.6. The van der Waals surface area contributed by atoms with E-state index in [0.717, 1.165) is 18.2 Å². The Hall–Kier alpha value is -4.43. The van der Waals surface area contributed by atoms with Gasteiger partial charge in [0.25, 0.3) is 5.91 Å². The summed E-state index contributed by atoms with van der Waals surface area (Å²) in [6.07, 6.45) is -5.90. The molecule has 3 aromatic rings. The zero-order chi connectivity index (χ0) is 34.0. The summed E-state index contributed by atoms with van der Waals surface area (Å²) in [5.74, 6) is -1.87. The highest BCUT2D eigenvalue weighted by atomic mass is 19.4. The van der Waals surface area contributed by atoms with Crippen molar-refractivity contribution in [2.24, 2.45) is 11.7 Å². The van der Waals surface area contributed by atoms with Crippen molar-refractivity contribution in [3.8, 4) is 28.5 Å². The van der Waals surface area contributed by atoms with Gasteiger partial charge < -0.3 is 35.1 Å². The fraction of sp³-hybridized carbons (Fsp3) is 0.406. The molecule has 0 fully saturated rings. The lowest BCUT2D eigenvalue weighted by atomic mass is 9.89. The molecule has 3 atom stereocenters. The maximum absolute atomic E-state index is 14.6. The fourth-order valence-corrected chi connectivity index (χ4v) is 4.57. The topological polar surface area (TPSA) is 142 Å². The van der Waals surface area contributed by atoms with Gasteiger partial charge in [0.1, 0.15) is 30.8 Å². The first-order chi connectivity index (χ1) is 21.5. The lowest BCUT2D eigenvalue weighted by molar-refractivity contribution is -0.265. The van der Waals surface area contributed by atoms with Crippen LogP contribution in [0.4, 0.5) is 17.6 Å². The largest absolute Gasteiger partial charge is 0.493 e. The molecule has 0 radical (unpaired) electrons. The molecule has 3 unspecified atom stereocenters. The number of rotatable bonds is 11. The number of halogens is 4. The number of fused-ring (bicyclic) bond motifs is 1. The van der Waals surface area contributed by atoms with Gasteiger partial charge in [0.05, 0.1) is 30.8 Å². The Balaban J connectivity index is 1.60. The quantitative estimate of drug-likeness (QED) is 0.201. The van der Waals surface area contributed by atoms with Crippen molar-refractivity contribution in [2.75, 3.05) is 26.9 Å². The number of carbonyl (C=O) groups excluding carboxylic acids is 2. The molecule has 248 valence electrons. The molecular weight excluding hydrogens is 614 g/mol. The van der Waals surface area contributed by atoms with Gasteiger partial charge in [-0.25, -0.2) is 9.37 Å². The number of hydrogen-bond acceptors (Lipinski definition) is 9. The summed E-state index contributed by atoms with van der Waals surface area (Å²) >= 11 is 0. The predicted molar refractivity (Wildman–Crippen MR) is 158 cm³/mol. The van der Waals surface area contributed by atoms with Gasteiger partial charge in [-0.3, -0.25) is 9.59 Å². The van der Waals surface area contributed by atoms with Crippen LogP contribution in [0.25, 0.3) is 11.3 Å². The third kappa shape index (κ3) is 7.18. The first kappa shape index (κ1) is 34.4. The minimum absolute atomic E-state index is 0.0282. The molecule has 0 spiro atoms. The van der Waals surface area contributed by atoms with E-state index in [0.29, 0.717) is 0 Å². The number of esters is 1. The van der Waals surface area contributed by atoms with Crippen molar-refractivity contribution in [3.63, 3.8) is 0 Å². The van der Waals surface area contributed by atoms with Crippen molar-refractivity contribution in [1.82, 2.24) is 10.3 Å². The smallest absolute Gasteiger partial charge is 0.424 e. The van der Waals surface area contributed by atoms with E-state index in [4.69, 9.17) is 24.7 Å². The highest BCUT2D eigenvalue weighted by Gasteiger charge is 2.57. The number of alkyl halides is 3. The molecule has 0 saturated carbocycles. The SMILES string of the molecule is COc1cc(C(=O)NCC(O)(c2cc3c(c(-c4ccc(F)cc4)n2)OCC3(C)N)C(F)(F)F)ccc1OCC(C)OC(=O)C(C)C. The van der Waals surface area contributed by atoms with Crippen LogP contribution in [0.3, 0.4) is 0 Å². The number of methoxy groups -OCH3 is 1. The monoisotopic (exact) mass is 649 g/mol. The molecule has 2 heterocycles.